The predicted molar refractivity (Wildman–Crippen MR) is 93.9 cm³/mol. The van der Waals surface area contributed by atoms with E-state index in [0.717, 1.165) is 10.0 Å². The number of hydrogen-bond acceptors (Lipinski definition) is 5. The zero-order valence-corrected chi connectivity index (χ0v) is 14.9. The van der Waals surface area contributed by atoms with E-state index < -0.39 is 0 Å². The van der Waals surface area contributed by atoms with Gasteiger partial charge in [-0.3, -0.25) is 4.79 Å². The molecule has 1 amide bonds. The summed E-state index contributed by atoms with van der Waals surface area (Å²) in [6.07, 6.45) is 0. The molecule has 0 aliphatic heterocycles. The third-order valence-electron chi connectivity index (χ3n) is 3.30. The number of para-hydroxylation sites is 1. The van der Waals surface area contributed by atoms with Crippen LogP contribution in [0.1, 0.15) is 50.7 Å². The molecule has 0 aliphatic rings. The molecule has 0 fully saturated rings. The Morgan fingerprint density at radius 2 is 1.86 bits per heavy atom. The van der Waals surface area contributed by atoms with Gasteiger partial charge in [0, 0.05) is 5.69 Å². The summed E-state index contributed by atoms with van der Waals surface area (Å²) in [7, 11) is 0. The molecule has 2 aromatic rings. The second-order valence-electron chi connectivity index (χ2n) is 5.66. The Labute approximate surface area is 139 Å². The van der Waals surface area contributed by atoms with Crippen molar-refractivity contribution in [3.8, 4) is 0 Å². The zero-order chi connectivity index (χ0) is 16.1. The molecule has 1 aromatic carbocycles. The zero-order valence-electron chi connectivity index (χ0n) is 13.3. The SMILES string of the molecule is CC(C)c1cccc(C(C)C)c1NC(=O)CSc1nncs1. The van der Waals surface area contributed by atoms with E-state index in [0.29, 0.717) is 17.6 Å². The highest BCUT2D eigenvalue weighted by molar-refractivity contribution is 8.01. The van der Waals surface area contributed by atoms with Gasteiger partial charge >= 0.3 is 0 Å². The normalized spacial score (nSPS) is 11.2. The van der Waals surface area contributed by atoms with Crippen LogP contribution < -0.4 is 5.32 Å². The molecule has 0 saturated carbocycles. The molecule has 0 saturated heterocycles. The van der Waals surface area contributed by atoms with Gasteiger partial charge in [0.25, 0.3) is 0 Å². The molecule has 0 spiro atoms. The van der Waals surface area contributed by atoms with E-state index in [4.69, 9.17) is 0 Å². The summed E-state index contributed by atoms with van der Waals surface area (Å²) >= 11 is 2.86. The van der Waals surface area contributed by atoms with Crippen LogP contribution in [0.15, 0.2) is 28.0 Å². The number of carbonyl (C=O) groups excluding carboxylic acids is 1. The molecule has 1 N–H and O–H groups in total. The van der Waals surface area contributed by atoms with Crippen molar-refractivity contribution in [2.24, 2.45) is 0 Å². The number of rotatable bonds is 6. The van der Waals surface area contributed by atoms with Crippen LogP contribution in [0.5, 0.6) is 0 Å². The van der Waals surface area contributed by atoms with E-state index in [1.807, 2.05) is 0 Å². The van der Waals surface area contributed by atoms with Crippen LogP contribution in [0.2, 0.25) is 0 Å². The molecule has 0 bridgehead atoms. The van der Waals surface area contributed by atoms with E-state index in [1.54, 1.807) is 5.51 Å². The van der Waals surface area contributed by atoms with E-state index in [-0.39, 0.29) is 5.91 Å². The number of amides is 1. The molecule has 0 radical (unpaired) electrons. The molecule has 6 heteroatoms. The van der Waals surface area contributed by atoms with Crippen molar-refractivity contribution in [3.05, 3.63) is 34.8 Å². The number of carbonyl (C=O) groups is 1. The molecule has 22 heavy (non-hydrogen) atoms. The van der Waals surface area contributed by atoms with Gasteiger partial charge in [-0.05, 0) is 23.0 Å². The molecular weight excluding hydrogens is 314 g/mol. The fourth-order valence-electron chi connectivity index (χ4n) is 2.22. The Morgan fingerprint density at radius 3 is 2.36 bits per heavy atom. The van der Waals surface area contributed by atoms with Gasteiger partial charge in [0.05, 0.1) is 5.75 Å². The second-order valence-corrected chi connectivity index (χ2v) is 7.72. The number of benzene rings is 1. The quantitative estimate of drug-likeness (QED) is 0.789. The summed E-state index contributed by atoms with van der Waals surface area (Å²) in [4.78, 5) is 12.3. The van der Waals surface area contributed by atoms with Crippen molar-refractivity contribution in [1.29, 1.82) is 0 Å². The second kappa shape index (κ2) is 7.74. The maximum Gasteiger partial charge on any atom is 0.234 e. The lowest BCUT2D eigenvalue weighted by Crippen LogP contribution is -2.17. The number of anilines is 1. The van der Waals surface area contributed by atoms with Crippen LogP contribution in [-0.2, 0) is 4.79 Å². The molecule has 118 valence electrons. The van der Waals surface area contributed by atoms with Gasteiger partial charge in [-0.2, -0.15) is 0 Å². The smallest absolute Gasteiger partial charge is 0.234 e. The third kappa shape index (κ3) is 4.30. The first-order valence-electron chi connectivity index (χ1n) is 7.30. The topological polar surface area (TPSA) is 54.9 Å². The number of nitrogens with zero attached hydrogens (tertiary/aromatic N) is 2. The number of hydrogen-bond donors (Lipinski definition) is 1. The van der Waals surface area contributed by atoms with Crippen molar-refractivity contribution in [2.75, 3.05) is 11.1 Å². The monoisotopic (exact) mass is 335 g/mol. The first-order valence-corrected chi connectivity index (χ1v) is 9.17. The van der Waals surface area contributed by atoms with Gasteiger partial charge in [-0.15, -0.1) is 10.2 Å². The lowest BCUT2D eigenvalue weighted by atomic mass is 9.92. The summed E-state index contributed by atoms with van der Waals surface area (Å²) in [6, 6.07) is 6.24. The van der Waals surface area contributed by atoms with Crippen molar-refractivity contribution in [1.82, 2.24) is 10.2 Å². The fourth-order valence-corrected chi connectivity index (χ4v) is 3.51. The minimum absolute atomic E-state index is 0.00444. The van der Waals surface area contributed by atoms with Crippen molar-refractivity contribution >= 4 is 34.7 Å². The van der Waals surface area contributed by atoms with Crippen molar-refractivity contribution in [2.45, 2.75) is 43.9 Å². The van der Waals surface area contributed by atoms with Gasteiger partial charge in [-0.25, -0.2) is 0 Å². The maximum atomic E-state index is 12.3. The molecule has 0 aliphatic carbocycles. The largest absolute Gasteiger partial charge is 0.325 e. The van der Waals surface area contributed by atoms with Gasteiger partial charge in [0.1, 0.15) is 5.51 Å². The van der Waals surface area contributed by atoms with E-state index in [2.05, 4.69) is 61.4 Å². The van der Waals surface area contributed by atoms with Crippen LogP contribution in [0.4, 0.5) is 5.69 Å². The van der Waals surface area contributed by atoms with E-state index in [9.17, 15) is 4.79 Å². The minimum Gasteiger partial charge on any atom is -0.325 e. The highest BCUT2D eigenvalue weighted by atomic mass is 32.2. The maximum absolute atomic E-state index is 12.3. The number of thioether (sulfide) groups is 1. The Morgan fingerprint density at radius 1 is 1.23 bits per heavy atom. The standard InChI is InChI=1S/C16H21N3OS2/c1-10(2)12-6-5-7-13(11(3)4)15(12)18-14(20)8-21-16-19-17-9-22-16/h5-7,9-11H,8H2,1-4H3,(H,18,20). The minimum atomic E-state index is -0.00444. The lowest BCUT2D eigenvalue weighted by molar-refractivity contribution is -0.113. The summed E-state index contributed by atoms with van der Waals surface area (Å²) in [6.45, 7) is 8.58. The lowest BCUT2D eigenvalue weighted by Gasteiger charge is -2.20. The van der Waals surface area contributed by atoms with E-state index >= 15 is 0 Å². The van der Waals surface area contributed by atoms with Crippen LogP contribution in [0, 0.1) is 0 Å². The van der Waals surface area contributed by atoms with Gasteiger partial charge < -0.3 is 5.32 Å². The summed E-state index contributed by atoms with van der Waals surface area (Å²) < 4.78 is 0.816. The molecule has 4 nitrogen and oxygen atoms in total. The van der Waals surface area contributed by atoms with Crippen LogP contribution >= 0.6 is 23.1 Å². The van der Waals surface area contributed by atoms with Gasteiger partial charge in [0.15, 0.2) is 4.34 Å². The first-order chi connectivity index (χ1) is 10.5. The Hall–Kier alpha value is -1.40. The van der Waals surface area contributed by atoms with Gasteiger partial charge in [0.2, 0.25) is 5.91 Å². The Kier molecular flexibility index (Phi) is 5.97. The molecule has 1 heterocycles. The number of aromatic nitrogens is 2. The highest BCUT2D eigenvalue weighted by Gasteiger charge is 2.16. The predicted octanol–water partition coefficient (Wildman–Crippen LogP) is 4.52. The summed E-state index contributed by atoms with van der Waals surface area (Å²) in [5.41, 5.74) is 5.00. The van der Waals surface area contributed by atoms with Crippen LogP contribution in [-0.4, -0.2) is 21.9 Å². The molecule has 0 unspecified atom stereocenters. The molecule has 1 aromatic heterocycles. The average Bonchev–Trinajstić information content (AvgIpc) is 2.98. The van der Waals surface area contributed by atoms with Crippen molar-refractivity contribution in [3.63, 3.8) is 0 Å². The fraction of sp³-hybridized carbons (Fsp3) is 0.438. The molecular formula is C16H21N3OS2. The third-order valence-corrected chi connectivity index (χ3v) is 5.16. The Balaban J connectivity index is 2.14. The van der Waals surface area contributed by atoms with Crippen LogP contribution in [0.25, 0.3) is 0 Å². The van der Waals surface area contributed by atoms with E-state index in [1.165, 1.54) is 34.2 Å². The van der Waals surface area contributed by atoms with Crippen LogP contribution in [0.3, 0.4) is 0 Å². The Bertz CT molecular complexity index is 598. The molecule has 0 atom stereocenters. The van der Waals surface area contributed by atoms with Gasteiger partial charge in [-0.1, -0.05) is 69.0 Å². The average molecular weight is 335 g/mol. The summed E-state index contributed by atoms with van der Waals surface area (Å²) in [5.74, 6) is 1.07. The molecule has 2 rings (SSSR count). The van der Waals surface area contributed by atoms with Crippen molar-refractivity contribution < 1.29 is 4.79 Å². The highest BCUT2D eigenvalue weighted by Crippen LogP contribution is 2.32. The first kappa shape index (κ1) is 17.0. The summed E-state index contributed by atoms with van der Waals surface area (Å²) in [5, 5.41) is 10.8. The number of nitrogens with one attached hydrogen (secondary N) is 1.